The van der Waals surface area contributed by atoms with Gasteiger partial charge in [-0.1, -0.05) is 11.6 Å². The van der Waals surface area contributed by atoms with Gasteiger partial charge in [-0.15, -0.1) is 21.5 Å². The van der Waals surface area contributed by atoms with Crippen molar-refractivity contribution in [2.75, 3.05) is 6.61 Å². The van der Waals surface area contributed by atoms with Crippen molar-refractivity contribution in [2.24, 2.45) is 0 Å². The zero-order valence-corrected chi connectivity index (χ0v) is 11.6. The summed E-state index contributed by atoms with van der Waals surface area (Å²) in [6.07, 6.45) is 0. The molecule has 0 saturated heterocycles. The molecule has 0 unspecified atom stereocenters. The number of halogens is 1. The van der Waals surface area contributed by atoms with Crippen LogP contribution >= 0.6 is 22.9 Å². The number of rotatable bonds is 4. The lowest BCUT2D eigenvalue weighted by Gasteiger charge is -2.06. The molecule has 2 heterocycles. The van der Waals surface area contributed by atoms with Crippen molar-refractivity contribution in [3.05, 3.63) is 33.0 Å². The lowest BCUT2D eigenvalue weighted by atomic mass is 10.4. The van der Waals surface area contributed by atoms with E-state index in [1.54, 1.807) is 18.4 Å². The minimum Gasteiger partial charge on any atom is -0.460 e. The van der Waals surface area contributed by atoms with Crippen LogP contribution in [0, 0.1) is 6.92 Å². The maximum absolute atomic E-state index is 11.7. The Kier molecular flexibility index (Phi) is 3.98. The highest BCUT2D eigenvalue weighted by molar-refractivity contribution is 7.16. The van der Waals surface area contributed by atoms with Gasteiger partial charge < -0.3 is 9.30 Å². The van der Waals surface area contributed by atoms with E-state index < -0.39 is 5.97 Å². The smallest absolute Gasteiger partial charge is 0.376 e. The Hall–Kier alpha value is -1.40. The van der Waals surface area contributed by atoms with Gasteiger partial charge in [0.15, 0.2) is 0 Å². The number of thiophene rings is 1. The third-order valence-electron chi connectivity index (χ3n) is 2.34. The van der Waals surface area contributed by atoms with E-state index in [0.29, 0.717) is 23.3 Å². The zero-order valence-electron chi connectivity index (χ0n) is 10.0. The van der Waals surface area contributed by atoms with Gasteiger partial charge in [0.1, 0.15) is 5.82 Å². The van der Waals surface area contributed by atoms with Crippen molar-refractivity contribution < 1.29 is 9.53 Å². The first-order valence-corrected chi connectivity index (χ1v) is 6.62. The first-order chi connectivity index (χ1) is 8.61. The lowest BCUT2D eigenvalue weighted by Crippen LogP contribution is -2.14. The van der Waals surface area contributed by atoms with Crippen LogP contribution in [0.3, 0.4) is 0 Å². The van der Waals surface area contributed by atoms with Crippen LogP contribution in [0.25, 0.3) is 0 Å². The summed E-state index contributed by atoms with van der Waals surface area (Å²) in [6.45, 7) is 4.38. The van der Waals surface area contributed by atoms with Gasteiger partial charge in [0.25, 0.3) is 0 Å². The summed E-state index contributed by atoms with van der Waals surface area (Å²) in [5.74, 6) is 0.433. The number of carbonyl (C=O) groups is 1. The SMILES string of the molecule is CCOC(=O)c1nnc(C)n1Cc1ccc(Cl)s1. The molecule has 0 spiro atoms. The van der Waals surface area contributed by atoms with E-state index in [4.69, 9.17) is 16.3 Å². The normalized spacial score (nSPS) is 10.6. The van der Waals surface area contributed by atoms with Crippen LogP contribution in [0.1, 0.15) is 28.2 Å². The van der Waals surface area contributed by atoms with Crippen molar-refractivity contribution in [3.8, 4) is 0 Å². The second-order valence-electron chi connectivity index (χ2n) is 3.58. The monoisotopic (exact) mass is 285 g/mol. The lowest BCUT2D eigenvalue weighted by molar-refractivity contribution is 0.0506. The molecule has 0 amide bonds. The molecule has 0 N–H and O–H groups in total. The fourth-order valence-electron chi connectivity index (χ4n) is 1.51. The number of carbonyl (C=O) groups excluding carboxylic acids is 1. The minimum absolute atomic E-state index is 0.221. The minimum atomic E-state index is -0.458. The topological polar surface area (TPSA) is 57.0 Å². The molecule has 0 aliphatic heterocycles. The Morgan fingerprint density at radius 3 is 2.89 bits per heavy atom. The van der Waals surface area contributed by atoms with Crippen molar-refractivity contribution in [1.29, 1.82) is 0 Å². The van der Waals surface area contributed by atoms with E-state index in [-0.39, 0.29) is 5.82 Å². The van der Waals surface area contributed by atoms with Gasteiger partial charge in [-0.3, -0.25) is 0 Å². The number of aryl methyl sites for hydroxylation is 1. The van der Waals surface area contributed by atoms with Crippen LogP contribution in [0.4, 0.5) is 0 Å². The third-order valence-corrected chi connectivity index (χ3v) is 3.55. The molecule has 0 bridgehead atoms. The van der Waals surface area contributed by atoms with Crippen molar-refractivity contribution in [2.45, 2.75) is 20.4 Å². The Balaban J connectivity index is 2.26. The molecule has 2 rings (SSSR count). The number of nitrogens with zero attached hydrogens (tertiary/aromatic N) is 3. The fraction of sp³-hybridized carbons (Fsp3) is 0.364. The Morgan fingerprint density at radius 1 is 1.50 bits per heavy atom. The van der Waals surface area contributed by atoms with Crippen LogP contribution in [-0.2, 0) is 11.3 Å². The molecule has 0 fully saturated rings. The van der Waals surface area contributed by atoms with E-state index in [9.17, 15) is 4.79 Å². The predicted octanol–water partition coefficient (Wildman–Crippen LogP) is 2.53. The zero-order chi connectivity index (χ0) is 13.1. The molecular weight excluding hydrogens is 274 g/mol. The fourth-order valence-corrected chi connectivity index (χ4v) is 2.59. The molecule has 7 heteroatoms. The summed E-state index contributed by atoms with van der Waals surface area (Å²) in [4.78, 5) is 12.7. The Labute approximate surface area is 113 Å². The molecular formula is C11H12ClN3O2S. The molecule has 2 aromatic heterocycles. The number of esters is 1. The van der Waals surface area contributed by atoms with Gasteiger partial charge in [-0.2, -0.15) is 0 Å². The average molecular weight is 286 g/mol. The maximum atomic E-state index is 11.7. The van der Waals surface area contributed by atoms with E-state index >= 15 is 0 Å². The van der Waals surface area contributed by atoms with E-state index in [1.165, 1.54) is 11.3 Å². The predicted molar refractivity (Wildman–Crippen MR) is 69.1 cm³/mol. The van der Waals surface area contributed by atoms with E-state index in [0.717, 1.165) is 4.88 Å². The molecule has 2 aromatic rings. The quantitative estimate of drug-likeness (QED) is 0.810. The first-order valence-electron chi connectivity index (χ1n) is 5.43. The van der Waals surface area contributed by atoms with Crippen LogP contribution in [0.2, 0.25) is 4.34 Å². The van der Waals surface area contributed by atoms with Crippen LogP contribution in [0.15, 0.2) is 12.1 Å². The standard InChI is InChI=1S/C11H12ClN3O2S/c1-3-17-11(16)10-14-13-7(2)15(10)6-8-4-5-9(12)18-8/h4-5H,3,6H2,1-2H3. The van der Waals surface area contributed by atoms with Crippen molar-refractivity contribution >= 4 is 28.9 Å². The van der Waals surface area contributed by atoms with Crippen LogP contribution < -0.4 is 0 Å². The summed E-state index contributed by atoms with van der Waals surface area (Å²) in [7, 11) is 0. The van der Waals surface area contributed by atoms with E-state index in [2.05, 4.69) is 10.2 Å². The first kappa shape index (κ1) is 13.0. The summed E-state index contributed by atoms with van der Waals surface area (Å²) >= 11 is 7.34. The van der Waals surface area contributed by atoms with Crippen LogP contribution in [0.5, 0.6) is 0 Å². The largest absolute Gasteiger partial charge is 0.460 e. The number of aromatic nitrogens is 3. The van der Waals surface area contributed by atoms with Gasteiger partial charge in [-0.25, -0.2) is 4.79 Å². The van der Waals surface area contributed by atoms with Gasteiger partial charge in [0, 0.05) is 4.88 Å². The van der Waals surface area contributed by atoms with Gasteiger partial charge >= 0.3 is 5.97 Å². The summed E-state index contributed by atoms with van der Waals surface area (Å²) < 4.78 is 7.38. The number of ether oxygens (including phenoxy) is 1. The van der Waals surface area contributed by atoms with E-state index in [1.807, 2.05) is 12.1 Å². The highest BCUT2D eigenvalue weighted by Crippen LogP contribution is 2.22. The highest BCUT2D eigenvalue weighted by atomic mass is 35.5. The molecule has 0 aromatic carbocycles. The average Bonchev–Trinajstić information content (AvgIpc) is 2.88. The molecule has 0 atom stereocenters. The third kappa shape index (κ3) is 2.70. The maximum Gasteiger partial charge on any atom is 0.376 e. The highest BCUT2D eigenvalue weighted by Gasteiger charge is 2.18. The molecule has 5 nitrogen and oxygen atoms in total. The molecule has 0 aliphatic carbocycles. The van der Waals surface area contributed by atoms with Crippen LogP contribution in [-0.4, -0.2) is 27.3 Å². The molecule has 96 valence electrons. The Bertz CT molecular complexity index is 564. The summed E-state index contributed by atoms with van der Waals surface area (Å²) in [5.41, 5.74) is 0. The van der Waals surface area contributed by atoms with Gasteiger partial charge in [0.2, 0.25) is 5.82 Å². The summed E-state index contributed by atoms with van der Waals surface area (Å²) in [5, 5.41) is 7.75. The number of hydrogen-bond acceptors (Lipinski definition) is 5. The summed E-state index contributed by atoms with van der Waals surface area (Å²) in [6, 6.07) is 3.74. The molecule has 18 heavy (non-hydrogen) atoms. The van der Waals surface area contributed by atoms with Crippen molar-refractivity contribution in [1.82, 2.24) is 14.8 Å². The van der Waals surface area contributed by atoms with Gasteiger partial charge in [0.05, 0.1) is 17.5 Å². The second kappa shape index (κ2) is 5.49. The molecule has 0 radical (unpaired) electrons. The molecule has 0 aliphatic rings. The molecule has 0 saturated carbocycles. The number of hydrogen-bond donors (Lipinski definition) is 0. The second-order valence-corrected chi connectivity index (χ2v) is 5.38. The van der Waals surface area contributed by atoms with Gasteiger partial charge in [-0.05, 0) is 26.0 Å². The Morgan fingerprint density at radius 2 is 2.28 bits per heavy atom. The van der Waals surface area contributed by atoms with Crippen molar-refractivity contribution in [3.63, 3.8) is 0 Å².